The molecule has 0 saturated heterocycles. The van der Waals surface area contributed by atoms with E-state index in [4.69, 9.17) is 4.98 Å². The molecule has 3 aromatic heterocycles. The Morgan fingerprint density at radius 2 is 1.32 bits per heavy atom. The van der Waals surface area contributed by atoms with E-state index >= 15 is 0 Å². The number of fused-ring (bicyclic) bond motifs is 12. The van der Waals surface area contributed by atoms with Gasteiger partial charge in [0.1, 0.15) is 5.65 Å². The predicted molar refractivity (Wildman–Crippen MR) is 121 cm³/mol. The van der Waals surface area contributed by atoms with Crippen molar-refractivity contribution in [1.29, 1.82) is 0 Å². The number of imidazole rings is 1. The van der Waals surface area contributed by atoms with Crippen molar-refractivity contribution in [3.05, 3.63) is 84.9 Å². The molecule has 4 aromatic carbocycles. The molecule has 0 unspecified atom stereocenters. The van der Waals surface area contributed by atoms with Crippen LogP contribution in [0, 0.1) is 0 Å². The van der Waals surface area contributed by atoms with Gasteiger partial charge in [-0.25, -0.2) is 4.98 Å². The summed E-state index contributed by atoms with van der Waals surface area (Å²) in [6, 6.07) is 30.3. The summed E-state index contributed by atoms with van der Waals surface area (Å²) in [5.41, 5.74) is 4.51. The molecule has 7 rings (SSSR count). The van der Waals surface area contributed by atoms with Crippen LogP contribution in [-0.4, -0.2) is 9.38 Å². The molecule has 0 aliphatic rings. The lowest BCUT2D eigenvalue weighted by atomic mass is 10.0. The van der Waals surface area contributed by atoms with Crippen molar-refractivity contribution in [3.63, 3.8) is 0 Å². The van der Waals surface area contributed by atoms with E-state index in [1.807, 2.05) is 11.3 Å². The number of hydrogen-bond acceptors (Lipinski definition) is 2. The summed E-state index contributed by atoms with van der Waals surface area (Å²) in [6.07, 6.45) is 0. The molecule has 0 atom stereocenters. The third-order valence-corrected chi connectivity index (χ3v) is 6.96. The highest BCUT2D eigenvalue weighted by atomic mass is 32.1. The number of benzene rings is 4. The van der Waals surface area contributed by atoms with Gasteiger partial charge in [0.2, 0.25) is 0 Å². The second-order valence-electron chi connectivity index (χ2n) is 7.24. The van der Waals surface area contributed by atoms with Gasteiger partial charge in [0.25, 0.3) is 0 Å². The number of aromatic nitrogens is 2. The highest BCUT2D eigenvalue weighted by Gasteiger charge is 2.17. The number of para-hydroxylation sites is 2. The summed E-state index contributed by atoms with van der Waals surface area (Å²) in [4.78, 5) is 5.02. The van der Waals surface area contributed by atoms with Crippen molar-refractivity contribution in [2.24, 2.45) is 0 Å². The quantitative estimate of drug-likeness (QED) is 0.257. The fraction of sp³-hybridized carbons (Fsp3) is 0. The van der Waals surface area contributed by atoms with Gasteiger partial charge in [-0.15, -0.1) is 11.3 Å². The highest BCUT2D eigenvalue weighted by molar-refractivity contribution is 7.26. The van der Waals surface area contributed by atoms with Crippen molar-refractivity contribution in [2.45, 2.75) is 0 Å². The van der Waals surface area contributed by atoms with Gasteiger partial charge < -0.3 is 0 Å². The van der Waals surface area contributed by atoms with E-state index < -0.39 is 0 Å². The highest BCUT2D eigenvalue weighted by Crippen LogP contribution is 2.41. The molecule has 0 fully saturated rings. The van der Waals surface area contributed by atoms with Gasteiger partial charge in [0.05, 0.1) is 21.3 Å². The lowest BCUT2D eigenvalue weighted by Gasteiger charge is -2.10. The van der Waals surface area contributed by atoms with Crippen LogP contribution in [0.25, 0.3) is 58.5 Å². The summed E-state index contributed by atoms with van der Waals surface area (Å²) in [5, 5.41) is 6.40. The summed E-state index contributed by atoms with van der Waals surface area (Å²) in [7, 11) is 0. The van der Waals surface area contributed by atoms with Crippen LogP contribution in [0.3, 0.4) is 0 Å². The van der Waals surface area contributed by atoms with Crippen LogP contribution in [-0.2, 0) is 0 Å². The first kappa shape index (κ1) is 14.6. The first-order valence-corrected chi connectivity index (χ1v) is 10.2. The van der Waals surface area contributed by atoms with Gasteiger partial charge in [-0.05, 0) is 23.6 Å². The molecular weight excluding hydrogens is 360 g/mol. The Labute approximate surface area is 164 Å². The van der Waals surface area contributed by atoms with E-state index in [2.05, 4.69) is 89.3 Å². The Morgan fingerprint density at radius 3 is 2.25 bits per heavy atom. The van der Waals surface area contributed by atoms with E-state index in [1.54, 1.807) is 0 Å². The SMILES string of the molecule is c1ccc2c(c1)nc1c3ccccc3c3ccc4c5ccccc5sc4c3n21. The number of rotatable bonds is 0. The molecule has 0 spiro atoms. The molecule has 0 N–H and O–H groups in total. The molecule has 0 saturated carbocycles. The van der Waals surface area contributed by atoms with Crippen LogP contribution >= 0.6 is 11.3 Å². The average Bonchev–Trinajstić information content (AvgIpc) is 3.32. The van der Waals surface area contributed by atoms with Gasteiger partial charge in [-0.1, -0.05) is 66.7 Å². The first-order valence-electron chi connectivity index (χ1n) is 9.42. The van der Waals surface area contributed by atoms with Gasteiger partial charge in [0.15, 0.2) is 0 Å². The van der Waals surface area contributed by atoms with Gasteiger partial charge in [0, 0.05) is 26.2 Å². The van der Waals surface area contributed by atoms with Crippen molar-refractivity contribution >= 4 is 69.9 Å². The van der Waals surface area contributed by atoms with E-state index in [-0.39, 0.29) is 0 Å². The number of hydrogen-bond donors (Lipinski definition) is 0. The molecule has 2 nitrogen and oxygen atoms in total. The number of nitrogens with zero attached hydrogens (tertiary/aromatic N) is 2. The predicted octanol–water partition coefficient (Wildman–Crippen LogP) is 7.16. The smallest absolute Gasteiger partial charge is 0.146 e. The monoisotopic (exact) mass is 374 g/mol. The third kappa shape index (κ3) is 1.70. The maximum Gasteiger partial charge on any atom is 0.146 e. The molecule has 28 heavy (non-hydrogen) atoms. The Hall–Kier alpha value is -3.43. The first-order chi connectivity index (χ1) is 13.9. The van der Waals surface area contributed by atoms with Crippen LogP contribution in [0.5, 0.6) is 0 Å². The van der Waals surface area contributed by atoms with Gasteiger partial charge in [-0.2, -0.15) is 0 Å². The molecule has 0 aliphatic carbocycles. The van der Waals surface area contributed by atoms with E-state index in [0.717, 1.165) is 11.2 Å². The zero-order chi connectivity index (χ0) is 18.2. The Kier molecular flexibility index (Phi) is 2.65. The van der Waals surface area contributed by atoms with Crippen LogP contribution in [0.1, 0.15) is 0 Å². The average molecular weight is 374 g/mol. The second kappa shape index (κ2) is 5.09. The van der Waals surface area contributed by atoms with Crippen LogP contribution in [0.2, 0.25) is 0 Å². The standard InChI is InChI=1S/C25H14N2S/c1-2-9-19-15(7-1)17-13-14-18-16-8-3-6-12-22(16)28-24(18)23(17)27-21-11-5-4-10-20(21)26-25(19)27/h1-14H. The Balaban J connectivity index is 1.91. The lowest BCUT2D eigenvalue weighted by Crippen LogP contribution is -1.91. The lowest BCUT2D eigenvalue weighted by molar-refractivity contribution is 1.33. The minimum absolute atomic E-state index is 1.04. The normalized spacial score (nSPS) is 12.3. The Morgan fingerprint density at radius 1 is 0.607 bits per heavy atom. The van der Waals surface area contributed by atoms with E-state index in [9.17, 15) is 0 Å². The Bertz CT molecular complexity index is 1720. The van der Waals surface area contributed by atoms with E-state index in [0.29, 0.717) is 0 Å². The summed E-state index contributed by atoms with van der Waals surface area (Å²) in [5.74, 6) is 0. The third-order valence-electron chi connectivity index (χ3n) is 5.76. The minimum atomic E-state index is 1.04. The number of pyridine rings is 1. The van der Waals surface area contributed by atoms with Crippen LogP contribution in [0.4, 0.5) is 0 Å². The van der Waals surface area contributed by atoms with Crippen LogP contribution in [0.15, 0.2) is 84.9 Å². The van der Waals surface area contributed by atoms with E-state index in [1.165, 1.54) is 47.4 Å². The molecule has 3 heteroatoms. The summed E-state index contributed by atoms with van der Waals surface area (Å²) < 4.78 is 5.03. The topological polar surface area (TPSA) is 17.3 Å². The molecule has 0 radical (unpaired) electrons. The summed E-state index contributed by atoms with van der Waals surface area (Å²) >= 11 is 1.88. The zero-order valence-corrected chi connectivity index (χ0v) is 15.7. The fourth-order valence-corrected chi connectivity index (χ4v) is 5.80. The summed E-state index contributed by atoms with van der Waals surface area (Å²) in [6.45, 7) is 0. The van der Waals surface area contributed by atoms with Gasteiger partial charge in [-0.3, -0.25) is 4.40 Å². The number of thiophene rings is 1. The molecule has 130 valence electrons. The molecule has 0 amide bonds. The van der Waals surface area contributed by atoms with Crippen molar-refractivity contribution in [1.82, 2.24) is 9.38 Å². The maximum atomic E-state index is 5.02. The van der Waals surface area contributed by atoms with Crippen LogP contribution < -0.4 is 0 Å². The zero-order valence-electron chi connectivity index (χ0n) is 14.9. The van der Waals surface area contributed by atoms with Gasteiger partial charge >= 0.3 is 0 Å². The molecule has 7 aromatic rings. The second-order valence-corrected chi connectivity index (χ2v) is 8.29. The molecule has 0 bridgehead atoms. The minimum Gasteiger partial charge on any atom is -0.290 e. The molecule has 0 aliphatic heterocycles. The van der Waals surface area contributed by atoms with Crippen molar-refractivity contribution in [2.75, 3.05) is 0 Å². The van der Waals surface area contributed by atoms with Crippen molar-refractivity contribution < 1.29 is 0 Å². The molecular formula is C25H14N2S. The largest absolute Gasteiger partial charge is 0.290 e. The fourth-order valence-electron chi connectivity index (χ4n) is 4.56. The van der Waals surface area contributed by atoms with Crippen molar-refractivity contribution in [3.8, 4) is 0 Å². The molecule has 3 heterocycles. The maximum absolute atomic E-state index is 5.02.